The molecular weight excluding hydrogens is 336 g/mol. The van der Waals surface area contributed by atoms with E-state index in [4.69, 9.17) is 0 Å². The lowest BCUT2D eigenvalue weighted by molar-refractivity contribution is 1.31. The molecule has 0 aliphatic carbocycles. The number of rotatable bonds is 2. The van der Waals surface area contributed by atoms with E-state index in [1.54, 1.807) is 17.5 Å². The van der Waals surface area contributed by atoms with Gasteiger partial charge in [-0.15, -0.1) is 11.3 Å². The Morgan fingerprint density at radius 3 is 3.10 bits per heavy atom. The molecule has 4 aromatic rings. The molecule has 0 saturated heterocycles. The van der Waals surface area contributed by atoms with E-state index < -0.39 is 0 Å². The molecule has 4 rings (SSSR count). The van der Waals surface area contributed by atoms with Crippen molar-refractivity contribution in [2.24, 2.45) is 0 Å². The number of anilines is 2. The summed E-state index contributed by atoms with van der Waals surface area (Å²) in [4.78, 5) is 11.7. The molecular formula is C14H9BrN4S. The van der Waals surface area contributed by atoms with Crippen LogP contribution in [0.15, 0.2) is 46.6 Å². The molecule has 0 amide bonds. The van der Waals surface area contributed by atoms with Gasteiger partial charge in [-0.3, -0.25) is 0 Å². The van der Waals surface area contributed by atoms with Crippen LogP contribution in [0, 0.1) is 0 Å². The van der Waals surface area contributed by atoms with Gasteiger partial charge >= 0.3 is 0 Å². The summed E-state index contributed by atoms with van der Waals surface area (Å²) in [6.45, 7) is 0. The normalized spacial score (nSPS) is 11.2. The second kappa shape index (κ2) is 4.57. The molecule has 0 atom stereocenters. The molecule has 0 unspecified atom stereocenters. The number of hydrogen-bond donors (Lipinski definition) is 2. The molecule has 0 saturated carbocycles. The van der Waals surface area contributed by atoms with Gasteiger partial charge < -0.3 is 10.3 Å². The molecule has 0 fully saturated rings. The zero-order valence-electron chi connectivity index (χ0n) is 10.2. The second-order valence-electron chi connectivity index (χ2n) is 4.38. The van der Waals surface area contributed by atoms with E-state index in [2.05, 4.69) is 42.3 Å². The van der Waals surface area contributed by atoms with Gasteiger partial charge in [-0.25, -0.2) is 9.97 Å². The molecule has 1 aromatic carbocycles. The first-order valence-electron chi connectivity index (χ1n) is 6.03. The summed E-state index contributed by atoms with van der Waals surface area (Å²) in [7, 11) is 0. The Morgan fingerprint density at radius 2 is 2.15 bits per heavy atom. The number of hydrogen-bond acceptors (Lipinski definition) is 4. The zero-order chi connectivity index (χ0) is 13.5. The van der Waals surface area contributed by atoms with E-state index in [9.17, 15) is 0 Å². The maximum atomic E-state index is 4.33. The first kappa shape index (κ1) is 11.9. The third-order valence-corrected chi connectivity index (χ3v) is 4.53. The highest BCUT2D eigenvalue weighted by atomic mass is 79.9. The number of thiazole rings is 1. The van der Waals surface area contributed by atoms with E-state index in [0.29, 0.717) is 0 Å². The van der Waals surface area contributed by atoms with E-state index in [0.717, 1.165) is 32.4 Å². The number of nitrogens with one attached hydrogen (secondary N) is 2. The topological polar surface area (TPSA) is 53.6 Å². The summed E-state index contributed by atoms with van der Waals surface area (Å²) in [5.74, 6) is 0. The first-order valence-corrected chi connectivity index (χ1v) is 7.70. The third kappa shape index (κ3) is 1.88. The van der Waals surface area contributed by atoms with Gasteiger partial charge in [0.1, 0.15) is 5.65 Å². The first-order chi connectivity index (χ1) is 9.81. The number of benzene rings is 1. The van der Waals surface area contributed by atoms with Crippen molar-refractivity contribution in [2.45, 2.75) is 0 Å². The van der Waals surface area contributed by atoms with Crippen LogP contribution >= 0.6 is 27.3 Å². The molecule has 0 aliphatic rings. The number of fused-ring (bicyclic) bond motifs is 2. The van der Waals surface area contributed by atoms with Crippen LogP contribution in [0.1, 0.15) is 0 Å². The summed E-state index contributed by atoms with van der Waals surface area (Å²) < 4.78 is 2.11. The molecule has 6 heteroatoms. The van der Waals surface area contributed by atoms with Gasteiger partial charge in [0.05, 0.1) is 25.9 Å². The summed E-state index contributed by atoms with van der Waals surface area (Å²) in [6, 6.07) is 8.18. The van der Waals surface area contributed by atoms with Crippen LogP contribution in [-0.4, -0.2) is 15.0 Å². The molecule has 0 spiro atoms. The Hall–Kier alpha value is -1.92. The lowest BCUT2D eigenvalue weighted by Gasteiger charge is -2.09. The molecule has 20 heavy (non-hydrogen) atoms. The Bertz CT molecular complexity index is 912. The minimum atomic E-state index is 0.870. The summed E-state index contributed by atoms with van der Waals surface area (Å²) in [6.07, 6.45) is 3.69. The van der Waals surface area contributed by atoms with Crippen LogP contribution < -0.4 is 5.32 Å². The van der Waals surface area contributed by atoms with Gasteiger partial charge in [-0.05, 0) is 40.2 Å². The van der Waals surface area contributed by atoms with Gasteiger partial charge in [-0.2, -0.15) is 0 Å². The summed E-state index contributed by atoms with van der Waals surface area (Å²) in [5, 5.41) is 4.51. The molecule has 3 aromatic heterocycles. The highest BCUT2D eigenvalue weighted by molar-refractivity contribution is 9.10. The summed E-state index contributed by atoms with van der Waals surface area (Å²) >= 11 is 5.19. The quantitative estimate of drug-likeness (QED) is 0.555. The molecule has 98 valence electrons. The van der Waals surface area contributed by atoms with Crippen molar-refractivity contribution in [1.82, 2.24) is 15.0 Å². The van der Waals surface area contributed by atoms with Gasteiger partial charge in [0.25, 0.3) is 0 Å². The van der Waals surface area contributed by atoms with Crippen molar-refractivity contribution in [3.63, 3.8) is 0 Å². The predicted molar refractivity (Wildman–Crippen MR) is 86.7 cm³/mol. The minimum absolute atomic E-state index is 0.870. The minimum Gasteiger partial charge on any atom is -0.354 e. The summed E-state index contributed by atoms with van der Waals surface area (Å²) in [5.41, 5.74) is 5.81. The van der Waals surface area contributed by atoms with Crippen molar-refractivity contribution < 1.29 is 0 Å². The van der Waals surface area contributed by atoms with Crippen LogP contribution in [0.2, 0.25) is 0 Å². The largest absolute Gasteiger partial charge is 0.354 e. The second-order valence-corrected chi connectivity index (χ2v) is 6.12. The predicted octanol–water partition coefficient (Wildman–Crippen LogP) is 4.68. The van der Waals surface area contributed by atoms with Crippen LogP contribution in [0.25, 0.3) is 21.3 Å². The van der Waals surface area contributed by atoms with Crippen LogP contribution in [0.5, 0.6) is 0 Å². The van der Waals surface area contributed by atoms with Gasteiger partial charge in [-0.1, -0.05) is 0 Å². The fourth-order valence-electron chi connectivity index (χ4n) is 2.19. The van der Waals surface area contributed by atoms with Crippen molar-refractivity contribution in [2.75, 3.05) is 5.32 Å². The monoisotopic (exact) mass is 344 g/mol. The van der Waals surface area contributed by atoms with Crippen molar-refractivity contribution in [3.05, 3.63) is 46.6 Å². The van der Waals surface area contributed by atoms with Crippen molar-refractivity contribution in [3.8, 4) is 0 Å². The Balaban J connectivity index is 1.83. The standard InChI is InChI=1S/C14H9BrN4S/c15-10-6-17-14-9(3-4-16-14)13(10)19-8-1-2-11-12(5-8)20-7-18-11/h1-7H,(H2,16,17,19). The van der Waals surface area contributed by atoms with Gasteiger partial charge in [0.2, 0.25) is 0 Å². The number of aromatic amines is 1. The van der Waals surface area contributed by atoms with E-state index in [1.165, 1.54) is 4.70 Å². The van der Waals surface area contributed by atoms with E-state index in [-0.39, 0.29) is 0 Å². The Labute approximate surface area is 127 Å². The third-order valence-electron chi connectivity index (χ3n) is 3.14. The lowest BCUT2D eigenvalue weighted by Crippen LogP contribution is -1.93. The average molecular weight is 345 g/mol. The van der Waals surface area contributed by atoms with E-state index >= 15 is 0 Å². The van der Waals surface area contributed by atoms with Crippen LogP contribution in [0.4, 0.5) is 11.4 Å². The van der Waals surface area contributed by atoms with Gasteiger partial charge in [0, 0.05) is 23.5 Å². The fraction of sp³-hybridized carbons (Fsp3) is 0. The molecule has 4 nitrogen and oxygen atoms in total. The Morgan fingerprint density at radius 1 is 1.20 bits per heavy atom. The number of halogens is 1. The van der Waals surface area contributed by atoms with Crippen LogP contribution in [-0.2, 0) is 0 Å². The highest BCUT2D eigenvalue weighted by Crippen LogP contribution is 2.33. The Kier molecular flexibility index (Phi) is 2.71. The van der Waals surface area contributed by atoms with Gasteiger partial charge in [0.15, 0.2) is 0 Å². The SMILES string of the molecule is Brc1cnc2[nH]ccc2c1Nc1ccc2ncsc2c1. The molecule has 0 radical (unpaired) electrons. The number of H-pyrrole nitrogens is 1. The maximum Gasteiger partial charge on any atom is 0.139 e. The number of pyridine rings is 1. The number of nitrogens with zero attached hydrogens (tertiary/aromatic N) is 2. The average Bonchev–Trinajstić information content (AvgIpc) is 3.09. The fourth-order valence-corrected chi connectivity index (χ4v) is 3.32. The smallest absolute Gasteiger partial charge is 0.139 e. The zero-order valence-corrected chi connectivity index (χ0v) is 12.6. The van der Waals surface area contributed by atoms with Crippen molar-refractivity contribution >= 4 is 59.9 Å². The van der Waals surface area contributed by atoms with E-state index in [1.807, 2.05) is 29.9 Å². The molecule has 2 N–H and O–H groups in total. The lowest BCUT2D eigenvalue weighted by atomic mass is 10.2. The molecule has 0 aliphatic heterocycles. The number of aromatic nitrogens is 3. The maximum absolute atomic E-state index is 4.33. The highest BCUT2D eigenvalue weighted by Gasteiger charge is 2.08. The molecule has 0 bridgehead atoms. The van der Waals surface area contributed by atoms with Crippen LogP contribution in [0.3, 0.4) is 0 Å². The van der Waals surface area contributed by atoms with Crippen molar-refractivity contribution in [1.29, 1.82) is 0 Å². The molecule has 3 heterocycles.